The Kier molecular flexibility index (Phi) is 4.46. The van der Waals surface area contributed by atoms with Crippen LogP contribution in [0.3, 0.4) is 0 Å². The van der Waals surface area contributed by atoms with Crippen molar-refractivity contribution in [2.45, 2.75) is 6.18 Å². The van der Waals surface area contributed by atoms with E-state index in [0.29, 0.717) is 0 Å². The smallest absolute Gasteiger partial charge is 0.338 e. The van der Waals surface area contributed by atoms with Gasteiger partial charge in [-0.05, 0) is 24.3 Å². The van der Waals surface area contributed by atoms with Crippen molar-refractivity contribution in [2.24, 2.45) is 0 Å². The van der Waals surface area contributed by atoms with Gasteiger partial charge in [0, 0.05) is 0 Å². The number of halogens is 4. The minimum atomic E-state index is -4.52. The third-order valence-electron chi connectivity index (χ3n) is 3.17. The molecule has 0 unspecified atom stereocenters. The number of rotatable bonds is 4. The van der Waals surface area contributed by atoms with Gasteiger partial charge in [-0.3, -0.25) is 0 Å². The zero-order valence-corrected chi connectivity index (χ0v) is 12.5. The fourth-order valence-corrected chi connectivity index (χ4v) is 2.08. The summed E-state index contributed by atoms with van der Waals surface area (Å²) in [6, 6.07) is 10.8. The number of nitrogens with one attached hydrogen (secondary N) is 2. The Morgan fingerprint density at radius 2 is 1.52 bits per heavy atom. The second-order valence-corrected chi connectivity index (χ2v) is 4.94. The molecule has 1 heterocycles. The zero-order chi connectivity index (χ0) is 17.9. The van der Waals surface area contributed by atoms with Crippen molar-refractivity contribution < 1.29 is 17.6 Å². The summed E-state index contributed by atoms with van der Waals surface area (Å²) in [5.74, 6) is -0.544. The van der Waals surface area contributed by atoms with Crippen LogP contribution in [-0.4, -0.2) is 15.2 Å². The summed E-state index contributed by atoms with van der Waals surface area (Å²) in [6.07, 6.45) is -3.35. The Hall–Kier alpha value is -3.23. The van der Waals surface area contributed by atoms with E-state index in [4.69, 9.17) is 0 Å². The fraction of sp³-hybridized carbons (Fsp3) is 0.0625. The number of hydrogen-bond donors (Lipinski definition) is 2. The van der Waals surface area contributed by atoms with Crippen LogP contribution < -0.4 is 10.6 Å². The molecule has 25 heavy (non-hydrogen) atoms. The minimum Gasteiger partial charge on any atom is -0.338 e. The molecule has 5 nitrogen and oxygen atoms in total. The normalized spacial score (nSPS) is 11.2. The second-order valence-electron chi connectivity index (χ2n) is 4.94. The van der Waals surface area contributed by atoms with Gasteiger partial charge in [-0.2, -0.15) is 23.3 Å². The molecule has 0 amide bonds. The molecule has 0 radical (unpaired) electrons. The molecule has 2 aromatic carbocycles. The first-order chi connectivity index (χ1) is 11.9. The van der Waals surface area contributed by atoms with Crippen molar-refractivity contribution in [3.05, 3.63) is 66.1 Å². The minimum absolute atomic E-state index is 0.0329. The van der Waals surface area contributed by atoms with Gasteiger partial charge >= 0.3 is 6.18 Å². The van der Waals surface area contributed by atoms with Gasteiger partial charge in [0.15, 0.2) is 5.82 Å². The maximum atomic E-state index is 13.6. The van der Waals surface area contributed by atoms with Crippen LogP contribution in [0.4, 0.5) is 40.7 Å². The summed E-state index contributed by atoms with van der Waals surface area (Å²) in [5.41, 5.74) is -0.887. The molecule has 0 saturated heterocycles. The SMILES string of the molecule is Fc1ccccc1Nc1nncc(Nc2ccccc2C(F)(F)F)n1. The van der Waals surface area contributed by atoms with E-state index in [2.05, 4.69) is 25.8 Å². The van der Waals surface area contributed by atoms with Gasteiger partial charge in [0.05, 0.1) is 23.1 Å². The summed E-state index contributed by atoms with van der Waals surface area (Å²) < 4.78 is 52.7. The molecular weight excluding hydrogens is 338 g/mol. The highest BCUT2D eigenvalue weighted by atomic mass is 19.4. The molecule has 2 N–H and O–H groups in total. The summed E-state index contributed by atoms with van der Waals surface area (Å²) in [6.45, 7) is 0. The molecule has 3 aromatic rings. The number of anilines is 4. The first-order valence-electron chi connectivity index (χ1n) is 7.08. The zero-order valence-electron chi connectivity index (χ0n) is 12.5. The van der Waals surface area contributed by atoms with Crippen LogP contribution in [0.15, 0.2) is 54.7 Å². The van der Waals surface area contributed by atoms with E-state index in [1.165, 1.54) is 42.6 Å². The highest BCUT2D eigenvalue weighted by Gasteiger charge is 2.33. The van der Waals surface area contributed by atoms with Crippen LogP contribution in [0.25, 0.3) is 0 Å². The molecule has 0 spiro atoms. The van der Waals surface area contributed by atoms with E-state index < -0.39 is 17.6 Å². The van der Waals surface area contributed by atoms with Gasteiger partial charge in [-0.15, -0.1) is 5.10 Å². The lowest BCUT2D eigenvalue weighted by Crippen LogP contribution is -2.09. The van der Waals surface area contributed by atoms with E-state index in [1.807, 2.05) is 0 Å². The van der Waals surface area contributed by atoms with Crippen molar-refractivity contribution in [3.8, 4) is 0 Å². The molecular formula is C16H11F4N5. The van der Waals surface area contributed by atoms with Crippen molar-refractivity contribution in [3.63, 3.8) is 0 Å². The van der Waals surface area contributed by atoms with Crippen molar-refractivity contribution in [1.82, 2.24) is 15.2 Å². The first-order valence-corrected chi connectivity index (χ1v) is 7.08. The summed E-state index contributed by atoms with van der Waals surface area (Å²) in [7, 11) is 0. The first kappa shape index (κ1) is 16.6. The van der Waals surface area contributed by atoms with Gasteiger partial charge in [0.25, 0.3) is 0 Å². The number of nitrogens with zero attached hydrogens (tertiary/aromatic N) is 3. The highest BCUT2D eigenvalue weighted by molar-refractivity contribution is 5.62. The van der Waals surface area contributed by atoms with E-state index >= 15 is 0 Å². The van der Waals surface area contributed by atoms with Crippen molar-refractivity contribution in [1.29, 1.82) is 0 Å². The second kappa shape index (κ2) is 6.71. The topological polar surface area (TPSA) is 62.7 Å². The Labute approximate surface area is 139 Å². The third-order valence-corrected chi connectivity index (χ3v) is 3.17. The van der Waals surface area contributed by atoms with Crippen LogP contribution >= 0.6 is 0 Å². The average Bonchev–Trinajstić information content (AvgIpc) is 2.57. The number of alkyl halides is 3. The predicted octanol–water partition coefficient (Wildman–Crippen LogP) is 4.52. The summed E-state index contributed by atoms with van der Waals surface area (Å²) >= 11 is 0. The molecule has 1 aromatic heterocycles. The molecule has 9 heteroatoms. The van der Waals surface area contributed by atoms with Crippen LogP contribution in [0.2, 0.25) is 0 Å². The third kappa shape index (κ3) is 4.00. The molecule has 128 valence electrons. The summed E-state index contributed by atoms with van der Waals surface area (Å²) in [5, 5.41) is 12.5. The molecule has 0 fully saturated rings. The summed E-state index contributed by atoms with van der Waals surface area (Å²) in [4.78, 5) is 4.00. The van der Waals surface area contributed by atoms with Gasteiger partial charge < -0.3 is 10.6 Å². The van der Waals surface area contributed by atoms with Gasteiger partial charge in [0.2, 0.25) is 5.95 Å². The highest BCUT2D eigenvalue weighted by Crippen LogP contribution is 2.35. The van der Waals surface area contributed by atoms with Crippen LogP contribution in [0.1, 0.15) is 5.56 Å². The monoisotopic (exact) mass is 349 g/mol. The van der Waals surface area contributed by atoms with Gasteiger partial charge in [-0.25, -0.2) is 4.39 Å². The van der Waals surface area contributed by atoms with Crippen LogP contribution in [0.5, 0.6) is 0 Å². The molecule has 0 aliphatic carbocycles. The molecule has 0 atom stereocenters. The van der Waals surface area contributed by atoms with Gasteiger partial charge in [0.1, 0.15) is 5.82 Å². The van der Waals surface area contributed by atoms with Crippen molar-refractivity contribution in [2.75, 3.05) is 10.6 Å². The lowest BCUT2D eigenvalue weighted by Gasteiger charge is -2.14. The lowest BCUT2D eigenvalue weighted by molar-refractivity contribution is -0.136. The molecule has 0 bridgehead atoms. The Morgan fingerprint density at radius 3 is 2.24 bits per heavy atom. The van der Waals surface area contributed by atoms with E-state index in [1.54, 1.807) is 6.07 Å². The maximum absolute atomic E-state index is 13.6. The Morgan fingerprint density at radius 1 is 0.840 bits per heavy atom. The number of benzene rings is 2. The molecule has 0 aliphatic heterocycles. The largest absolute Gasteiger partial charge is 0.418 e. The predicted molar refractivity (Wildman–Crippen MR) is 84.2 cm³/mol. The van der Waals surface area contributed by atoms with E-state index in [-0.39, 0.29) is 23.1 Å². The standard InChI is InChI=1S/C16H11F4N5/c17-11-6-2-4-8-13(11)23-15-24-14(9-21-25-15)22-12-7-3-1-5-10(12)16(18,19)20/h1-9H,(H2,22,23,24,25). The van der Waals surface area contributed by atoms with Crippen molar-refractivity contribution >= 4 is 23.1 Å². The number of para-hydroxylation sites is 2. The molecule has 0 aliphatic rings. The fourth-order valence-electron chi connectivity index (χ4n) is 2.08. The molecule has 0 saturated carbocycles. The van der Waals surface area contributed by atoms with Gasteiger partial charge in [-0.1, -0.05) is 24.3 Å². The quantitative estimate of drug-likeness (QED) is 0.678. The van der Waals surface area contributed by atoms with E-state index in [9.17, 15) is 17.6 Å². The van der Waals surface area contributed by atoms with Crippen LogP contribution in [0, 0.1) is 5.82 Å². The number of hydrogen-bond acceptors (Lipinski definition) is 5. The van der Waals surface area contributed by atoms with E-state index in [0.717, 1.165) is 6.07 Å². The maximum Gasteiger partial charge on any atom is 0.418 e. The average molecular weight is 349 g/mol. The van der Waals surface area contributed by atoms with Crippen LogP contribution in [-0.2, 0) is 6.18 Å². The number of aromatic nitrogens is 3. The molecule has 3 rings (SSSR count). The lowest BCUT2D eigenvalue weighted by atomic mass is 10.1. The Bertz CT molecular complexity index is 882. The Balaban J connectivity index is 1.85.